The molecular weight excluding hydrogens is 242 g/mol. The van der Waals surface area contributed by atoms with E-state index >= 15 is 0 Å². The summed E-state index contributed by atoms with van der Waals surface area (Å²) in [5, 5.41) is 11.8. The summed E-state index contributed by atoms with van der Waals surface area (Å²) in [7, 11) is 3.41. The Balaban J connectivity index is 2.08. The Morgan fingerprint density at radius 1 is 1.21 bits per heavy atom. The Kier molecular flexibility index (Phi) is 3.90. The van der Waals surface area contributed by atoms with Crippen LogP contribution in [0.1, 0.15) is 6.42 Å². The minimum atomic E-state index is 0.000258. The maximum atomic E-state index is 11.4. The fourth-order valence-electron chi connectivity index (χ4n) is 1.79. The normalized spacial score (nSPS) is 10.4. The maximum Gasteiger partial charge on any atom is 0.225 e. The van der Waals surface area contributed by atoms with Crippen LogP contribution in [0.25, 0.3) is 10.8 Å². The lowest BCUT2D eigenvalue weighted by Crippen LogP contribution is -2.23. The molecule has 0 saturated carbocycles. The summed E-state index contributed by atoms with van der Waals surface area (Å²) in [5.74, 6) is 0.501. The van der Waals surface area contributed by atoms with E-state index in [9.17, 15) is 9.90 Å². The van der Waals surface area contributed by atoms with Gasteiger partial charge in [0.05, 0.1) is 13.0 Å². The van der Waals surface area contributed by atoms with Gasteiger partial charge in [-0.3, -0.25) is 4.79 Å². The van der Waals surface area contributed by atoms with Crippen molar-refractivity contribution in [2.24, 2.45) is 0 Å². The number of phenolic OH excluding ortho intramolecular Hbond substituents is 1. The first-order valence-electron chi connectivity index (χ1n) is 6.12. The average Bonchev–Trinajstić information content (AvgIpc) is 2.39. The first kappa shape index (κ1) is 13.2. The van der Waals surface area contributed by atoms with Gasteiger partial charge in [-0.1, -0.05) is 24.3 Å². The first-order valence-corrected chi connectivity index (χ1v) is 6.12. The molecule has 0 aliphatic heterocycles. The average molecular weight is 259 g/mol. The zero-order chi connectivity index (χ0) is 13.8. The van der Waals surface area contributed by atoms with Gasteiger partial charge in [0.2, 0.25) is 5.91 Å². The van der Waals surface area contributed by atoms with Crippen LogP contribution in [0.3, 0.4) is 0 Å². The number of phenols is 1. The zero-order valence-electron chi connectivity index (χ0n) is 11.1. The van der Waals surface area contributed by atoms with Crippen molar-refractivity contribution in [3.63, 3.8) is 0 Å². The van der Waals surface area contributed by atoms with Gasteiger partial charge in [0, 0.05) is 14.1 Å². The molecule has 2 aromatic rings. The van der Waals surface area contributed by atoms with E-state index in [0.29, 0.717) is 12.2 Å². The summed E-state index contributed by atoms with van der Waals surface area (Å²) in [6, 6.07) is 11.2. The SMILES string of the molecule is CN(C)C(=O)CCOc1cc2ccccc2cc1O. The van der Waals surface area contributed by atoms with Gasteiger partial charge >= 0.3 is 0 Å². The molecule has 0 fully saturated rings. The molecule has 4 nitrogen and oxygen atoms in total. The Labute approximate surface area is 112 Å². The van der Waals surface area contributed by atoms with Crippen molar-refractivity contribution in [2.75, 3.05) is 20.7 Å². The third kappa shape index (κ3) is 3.16. The number of nitrogens with zero attached hydrogens (tertiary/aromatic N) is 1. The number of fused-ring (bicyclic) bond motifs is 1. The van der Waals surface area contributed by atoms with Crippen molar-refractivity contribution in [3.05, 3.63) is 36.4 Å². The lowest BCUT2D eigenvalue weighted by molar-refractivity contribution is -0.129. The van der Waals surface area contributed by atoms with Crippen molar-refractivity contribution in [3.8, 4) is 11.5 Å². The molecule has 0 heterocycles. The monoisotopic (exact) mass is 259 g/mol. The molecule has 0 bridgehead atoms. The highest BCUT2D eigenvalue weighted by molar-refractivity contribution is 5.85. The molecule has 1 amide bonds. The molecule has 4 heteroatoms. The Morgan fingerprint density at radius 3 is 2.47 bits per heavy atom. The highest BCUT2D eigenvalue weighted by Crippen LogP contribution is 2.31. The topological polar surface area (TPSA) is 49.8 Å². The standard InChI is InChI=1S/C15H17NO3/c1-16(2)15(18)7-8-19-14-10-12-6-4-3-5-11(12)9-13(14)17/h3-6,9-10,17H,7-8H2,1-2H3. The van der Waals surface area contributed by atoms with Crippen molar-refractivity contribution >= 4 is 16.7 Å². The van der Waals surface area contributed by atoms with Crippen LogP contribution in [-0.4, -0.2) is 36.6 Å². The van der Waals surface area contributed by atoms with Crippen LogP contribution < -0.4 is 4.74 Å². The minimum absolute atomic E-state index is 0.000258. The van der Waals surface area contributed by atoms with Gasteiger partial charge in [-0.15, -0.1) is 0 Å². The van der Waals surface area contributed by atoms with Crippen molar-refractivity contribution in [2.45, 2.75) is 6.42 Å². The van der Waals surface area contributed by atoms with Crippen molar-refractivity contribution in [1.82, 2.24) is 4.90 Å². The number of ether oxygens (including phenoxy) is 1. The molecule has 2 aromatic carbocycles. The Hall–Kier alpha value is -2.23. The fourth-order valence-corrected chi connectivity index (χ4v) is 1.79. The fraction of sp³-hybridized carbons (Fsp3) is 0.267. The van der Waals surface area contributed by atoms with E-state index in [2.05, 4.69) is 0 Å². The molecule has 100 valence electrons. The van der Waals surface area contributed by atoms with Crippen LogP contribution in [0, 0.1) is 0 Å². The number of hydrogen-bond acceptors (Lipinski definition) is 3. The van der Waals surface area contributed by atoms with Gasteiger partial charge in [0.1, 0.15) is 0 Å². The second-order valence-corrected chi connectivity index (χ2v) is 4.55. The highest BCUT2D eigenvalue weighted by atomic mass is 16.5. The summed E-state index contributed by atoms with van der Waals surface area (Å²) < 4.78 is 5.47. The second-order valence-electron chi connectivity index (χ2n) is 4.55. The van der Waals surface area contributed by atoms with E-state index in [1.165, 1.54) is 4.90 Å². The van der Waals surface area contributed by atoms with Gasteiger partial charge in [-0.2, -0.15) is 0 Å². The van der Waals surface area contributed by atoms with E-state index in [-0.39, 0.29) is 18.3 Å². The van der Waals surface area contributed by atoms with Crippen LogP contribution in [0.5, 0.6) is 11.5 Å². The minimum Gasteiger partial charge on any atom is -0.504 e. The predicted molar refractivity (Wildman–Crippen MR) is 74.4 cm³/mol. The molecule has 0 aliphatic rings. The third-order valence-corrected chi connectivity index (χ3v) is 2.90. The van der Waals surface area contributed by atoms with Crippen LogP contribution >= 0.6 is 0 Å². The van der Waals surface area contributed by atoms with E-state index in [1.807, 2.05) is 24.3 Å². The molecule has 0 atom stereocenters. The van der Waals surface area contributed by atoms with Gasteiger partial charge < -0.3 is 14.7 Å². The number of rotatable bonds is 4. The number of amides is 1. The third-order valence-electron chi connectivity index (χ3n) is 2.90. The lowest BCUT2D eigenvalue weighted by Gasteiger charge is -2.12. The second kappa shape index (κ2) is 5.61. The van der Waals surface area contributed by atoms with Gasteiger partial charge in [0.15, 0.2) is 11.5 Å². The Morgan fingerprint density at radius 2 is 1.84 bits per heavy atom. The lowest BCUT2D eigenvalue weighted by atomic mass is 10.1. The first-order chi connectivity index (χ1) is 9.08. The van der Waals surface area contributed by atoms with Gasteiger partial charge in [-0.05, 0) is 22.9 Å². The summed E-state index contributed by atoms with van der Waals surface area (Å²) >= 11 is 0. The van der Waals surface area contributed by atoms with Gasteiger partial charge in [-0.25, -0.2) is 0 Å². The van der Waals surface area contributed by atoms with Crippen LogP contribution in [-0.2, 0) is 4.79 Å². The molecule has 0 spiro atoms. The van der Waals surface area contributed by atoms with E-state index in [4.69, 9.17) is 4.74 Å². The van der Waals surface area contributed by atoms with E-state index < -0.39 is 0 Å². The van der Waals surface area contributed by atoms with E-state index in [0.717, 1.165) is 10.8 Å². The molecule has 0 aliphatic carbocycles. The summed E-state index contributed by atoms with van der Waals surface area (Å²) in [4.78, 5) is 12.9. The molecule has 0 aromatic heterocycles. The summed E-state index contributed by atoms with van der Waals surface area (Å²) in [6.45, 7) is 0.253. The molecule has 0 radical (unpaired) electrons. The molecule has 1 N–H and O–H groups in total. The number of benzene rings is 2. The predicted octanol–water partition coefficient (Wildman–Crippen LogP) is 2.40. The molecule has 2 rings (SSSR count). The van der Waals surface area contributed by atoms with Crippen LogP contribution in [0.15, 0.2) is 36.4 Å². The number of carbonyl (C=O) groups excluding carboxylic acids is 1. The number of carbonyl (C=O) groups is 1. The summed E-state index contributed by atoms with van der Waals surface area (Å²) in [5.41, 5.74) is 0. The molecule has 0 saturated heterocycles. The molecule has 0 unspecified atom stereocenters. The van der Waals surface area contributed by atoms with Crippen molar-refractivity contribution < 1.29 is 14.6 Å². The largest absolute Gasteiger partial charge is 0.504 e. The maximum absolute atomic E-state index is 11.4. The summed E-state index contributed by atoms with van der Waals surface area (Å²) in [6.07, 6.45) is 0.291. The van der Waals surface area contributed by atoms with Crippen LogP contribution in [0.4, 0.5) is 0 Å². The number of hydrogen-bond donors (Lipinski definition) is 1. The Bertz CT molecular complexity index is 593. The quantitative estimate of drug-likeness (QED) is 0.917. The number of aromatic hydroxyl groups is 1. The van der Waals surface area contributed by atoms with Gasteiger partial charge in [0.25, 0.3) is 0 Å². The van der Waals surface area contributed by atoms with E-state index in [1.54, 1.807) is 26.2 Å². The van der Waals surface area contributed by atoms with Crippen molar-refractivity contribution in [1.29, 1.82) is 0 Å². The molecule has 19 heavy (non-hydrogen) atoms. The smallest absolute Gasteiger partial charge is 0.225 e. The zero-order valence-corrected chi connectivity index (χ0v) is 11.1. The van der Waals surface area contributed by atoms with Crippen LogP contribution in [0.2, 0.25) is 0 Å². The highest BCUT2D eigenvalue weighted by Gasteiger charge is 2.07. The molecular formula is C15H17NO3.